The molecule has 0 saturated heterocycles. The summed E-state index contributed by atoms with van der Waals surface area (Å²) in [6, 6.07) is 2.08. The number of rotatable bonds is 4. The van der Waals surface area contributed by atoms with E-state index in [4.69, 9.17) is 10.8 Å². The van der Waals surface area contributed by atoms with Crippen molar-refractivity contribution in [1.82, 2.24) is 9.78 Å². The number of carboxylic acid groups (broad SMARTS) is 1. The van der Waals surface area contributed by atoms with Gasteiger partial charge in [-0.3, -0.25) is 0 Å². The van der Waals surface area contributed by atoms with Gasteiger partial charge in [0.25, 0.3) is 0 Å². The molecule has 0 radical (unpaired) electrons. The number of nitrogens with zero attached hydrogens (tertiary/aromatic N) is 2. The normalized spacial score (nSPS) is 12.3. The van der Waals surface area contributed by atoms with Crippen LogP contribution in [0.15, 0.2) is 29.3 Å². The van der Waals surface area contributed by atoms with Crippen molar-refractivity contribution in [1.29, 1.82) is 0 Å². The number of nitrogens with two attached hydrogens (primary N) is 1. The second-order valence-corrected chi connectivity index (χ2v) is 7.01. The van der Waals surface area contributed by atoms with E-state index in [0.29, 0.717) is 12.1 Å². The molecule has 0 bridgehead atoms. The van der Waals surface area contributed by atoms with E-state index in [1.54, 1.807) is 0 Å². The number of anilines is 1. The van der Waals surface area contributed by atoms with Crippen molar-refractivity contribution in [2.24, 2.45) is 0 Å². The maximum Gasteiger partial charge on any atom is 0.416 e. The summed E-state index contributed by atoms with van der Waals surface area (Å²) in [6.07, 6.45) is -3.79. The Kier molecular flexibility index (Phi) is 4.31. The van der Waals surface area contributed by atoms with Crippen molar-refractivity contribution in [3.63, 3.8) is 0 Å². The first-order valence-corrected chi connectivity index (χ1v) is 8.15. The van der Waals surface area contributed by atoms with Crippen LogP contribution in [-0.4, -0.2) is 35.0 Å². The van der Waals surface area contributed by atoms with Crippen molar-refractivity contribution in [3.8, 4) is 5.69 Å². The van der Waals surface area contributed by atoms with E-state index >= 15 is 0 Å². The molecule has 24 heavy (non-hydrogen) atoms. The Morgan fingerprint density at radius 2 is 2.00 bits per heavy atom. The molecule has 130 valence electrons. The molecule has 2 rings (SSSR count). The maximum absolute atomic E-state index is 12.9. The van der Waals surface area contributed by atoms with Crippen LogP contribution in [0.2, 0.25) is 0 Å². The molecule has 0 aliphatic heterocycles. The minimum absolute atomic E-state index is 0.218. The van der Waals surface area contributed by atoms with Gasteiger partial charge >= 0.3 is 12.1 Å². The monoisotopic (exact) mass is 363 g/mol. The lowest BCUT2D eigenvalue weighted by Gasteiger charge is -2.13. The minimum Gasteiger partial charge on any atom is -0.477 e. The first kappa shape index (κ1) is 17.8. The predicted molar refractivity (Wildman–Crippen MR) is 77.7 cm³/mol. The number of hydrogen-bond acceptors (Lipinski definition) is 5. The van der Waals surface area contributed by atoms with Crippen LogP contribution < -0.4 is 5.73 Å². The molecule has 0 amide bonds. The highest BCUT2D eigenvalue weighted by molar-refractivity contribution is 7.91. The standard InChI is InChI=1S/C13H12F3N3O4S/c1-2-24(22,23)10-5-7(13(14,15)16)3-4-9(10)19-6-8(12(20)21)11(17)18-19/h3-6H,2H2,1H3,(H2,17,18)(H,20,21). The molecule has 1 aromatic carbocycles. The van der Waals surface area contributed by atoms with Gasteiger partial charge in [0.15, 0.2) is 15.7 Å². The van der Waals surface area contributed by atoms with E-state index in [1.807, 2.05) is 0 Å². The van der Waals surface area contributed by atoms with Gasteiger partial charge < -0.3 is 10.8 Å². The predicted octanol–water partition coefficient (Wildman–Crippen LogP) is 1.97. The van der Waals surface area contributed by atoms with E-state index in [2.05, 4.69) is 5.10 Å². The van der Waals surface area contributed by atoms with E-state index in [-0.39, 0.29) is 11.5 Å². The van der Waals surface area contributed by atoms with Gasteiger partial charge in [-0.2, -0.15) is 13.2 Å². The number of nitrogen functional groups attached to an aromatic ring is 1. The number of aromatic nitrogens is 2. The molecule has 0 saturated carbocycles. The number of carboxylic acids is 1. The molecule has 11 heteroatoms. The summed E-state index contributed by atoms with van der Waals surface area (Å²) in [5, 5.41) is 12.6. The zero-order valence-corrected chi connectivity index (χ0v) is 13.0. The Morgan fingerprint density at radius 1 is 1.38 bits per heavy atom. The summed E-state index contributed by atoms with van der Waals surface area (Å²) < 4.78 is 63.7. The third kappa shape index (κ3) is 3.20. The van der Waals surface area contributed by atoms with Crippen LogP contribution in [0.3, 0.4) is 0 Å². The molecule has 7 nitrogen and oxygen atoms in total. The van der Waals surface area contributed by atoms with Crippen molar-refractivity contribution in [3.05, 3.63) is 35.5 Å². The third-order valence-corrected chi connectivity index (χ3v) is 4.98. The van der Waals surface area contributed by atoms with Gasteiger partial charge in [-0.05, 0) is 18.2 Å². The van der Waals surface area contributed by atoms with Gasteiger partial charge in [0.2, 0.25) is 0 Å². The van der Waals surface area contributed by atoms with Crippen molar-refractivity contribution < 1.29 is 31.5 Å². The average molecular weight is 363 g/mol. The molecule has 0 aliphatic rings. The van der Waals surface area contributed by atoms with Gasteiger partial charge in [0.1, 0.15) is 5.56 Å². The molecule has 0 fully saturated rings. The van der Waals surface area contributed by atoms with Gasteiger partial charge in [-0.15, -0.1) is 5.10 Å². The lowest BCUT2D eigenvalue weighted by molar-refractivity contribution is -0.137. The first-order chi connectivity index (χ1) is 11.0. The molecule has 0 spiro atoms. The van der Waals surface area contributed by atoms with Crippen LogP contribution in [0.25, 0.3) is 5.69 Å². The van der Waals surface area contributed by atoms with Gasteiger partial charge in [-0.1, -0.05) is 6.92 Å². The second-order valence-electron chi connectivity index (χ2n) is 4.76. The fourth-order valence-corrected chi connectivity index (χ4v) is 3.06. The molecule has 3 N–H and O–H groups in total. The lowest BCUT2D eigenvalue weighted by atomic mass is 10.2. The summed E-state index contributed by atoms with van der Waals surface area (Å²) in [5.74, 6) is -2.23. The highest BCUT2D eigenvalue weighted by Crippen LogP contribution is 2.33. The summed E-state index contributed by atoms with van der Waals surface area (Å²) in [5.41, 5.74) is 3.67. The Labute approximate surface area is 134 Å². The quantitative estimate of drug-likeness (QED) is 0.858. The van der Waals surface area contributed by atoms with Crippen molar-refractivity contribution in [2.45, 2.75) is 18.0 Å². The maximum atomic E-state index is 12.9. The molecule has 2 aromatic rings. The fraction of sp³-hybridized carbons (Fsp3) is 0.231. The SMILES string of the molecule is CCS(=O)(=O)c1cc(C(F)(F)F)ccc1-n1cc(C(=O)O)c(N)n1. The number of halogens is 3. The topological polar surface area (TPSA) is 115 Å². The van der Waals surface area contributed by atoms with Gasteiger partial charge in [-0.25, -0.2) is 17.9 Å². The van der Waals surface area contributed by atoms with E-state index in [0.717, 1.165) is 16.9 Å². The number of hydrogen-bond donors (Lipinski definition) is 2. The summed E-state index contributed by atoms with van der Waals surface area (Å²) in [4.78, 5) is 10.4. The third-order valence-electron chi connectivity index (χ3n) is 3.22. The Hall–Kier alpha value is -2.56. The molecule has 0 atom stereocenters. The van der Waals surface area contributed by atoms with Crippen LogP contribution in [0.1, 0.15) is 22.8 Å². The van der Waals surface area contributed by atoms with Gasteiger partial charge in [0, 0.05) is 6.20 Å². The van der Waals surface area contributed by atoms with Gasteiger partial charge in [0.05, 0.1) is 21.9 Å². The second kappa shape index (κ2) is 5.82. The van der Waals surface area contributed by atoms with Crippen LogP contribution in [0.4, 0.5) is 19.0 Å². The summed E-state index contributed by atoms with van der Waals surface area (Å²) in [6.45, 7) is 1.28. The number of alkyl halides is 3. The molecule has 1 aromatic heterocycles. The lowest BCUT2D eigenvalue weighted by Crippen LogP contribution is -2.13. The highest BCUT2D eigenvalue weighted by atomic mass is 32.2. The molecular formula is C13H12F3N3O4S. The van der Waals surface area contributed by atoms with Crippen LogP contribution in [0.5, 0.6) is 0 Å². The first-order valence-electron chi connectivity index (χ1n) is 6.50. The number of aromatic carboxylic acids is 1. The van der Waals surface area contributed by atoms with Crippen LogP contribution in [0, 0.1) is 0 Å². The zero-order valence-electron chi connectivity index (χ0n) is 12.2. The summed E-state index contributed by atoms with van der Waals surface area (Å²) in [7, 11) is -4.03. The number of benzene rings is 1. The molecular weight excluding hydrogens is 351 g/mol. The molecule has 1 heterocycles. The largest absolute Gasteiger partial charge is 0.477 e. The van der Waals surface area contributed by atoms with E-state index < -0.39 is 43.8 Å². The van der Waals surface area contributed by atoms with Crippen molar-refractivity contribution >= 4 is 21.6 Å². The Bertz CT molecular complexity index is 904. The van der Waals surface area contributed by atoms with Crippen LogP contribution in [-0.2, 0) is 16.0 Å². The Balaban J connectivity index is 2.75. The number of sulfone groups is 1. The van der Waals surface area contributed by atoms with E-state index in [1.165, 1.54) is 6.92 Å². The molecule has 0 unspecified atom stereocenters. The average Bonchev–Trinajstić information content (AvgIpc) is 2.87. The Morgan fingerprint density at radius 3 is 2.46 bits per heavy atom. The zero-order chi connectivity index (χ0) is 18.3. The van der Waals surface area contributed by atoms with Crippen molar-refractivity contribution in [2.75, 3.05) is 11.5 Å². The van der Waals surface area contributed by atoms with Crippen LogP contribution >= 0.6 is 0 Å². The van der Waals surface area contributed by atoms with E-state index in [9.17, 15) is 26.4 Å². The number of carbonyl (C=O) groups is 1. The smallest absolute Gasteiger partial charge is 0.416 e. The minimum atomic E-state index is -4.73. The summed E-state index contributed by atoms with van der Waals surface area (Å²) >= 11 is 0. The fourth-order valence-electron chi connectivity index (χ4n) is 1.96. The highest BCUT2D eigenvalue weighted by Gasteiger charge is 2.33. The molecule has 0 aliphatic carbocycles.